The lowest BCUT2D eigenvalue weighted by Crippen LogP contribution is -2.10. The summed E-state index contributed by atoms with van der Waals surface area (Å²) in [6.45, 7) is 0. The van der Waals surface area contributed by atoms with Gasteiger partial charge in [0.05, 0.1) is 7.11 Å². The van der Waals surface area contributed by atoms with E-state index in [2.05, 4.69) is 4.98 Å². The van der Waals surface area contributed by atoms with E-state index in [0.29, 0.717) is 5.69 Å². The van der Waals surface area contributed by atoms with Crippen LogP contribution < -0.4 is 10.3 Å². The van der Waals surface area contributed by atoms with Gasteiger partial charge in [-0.2, -0.15) is 5.26 Å². The highest BCUT2D eigenvalue weighted by atomic mass is 16.5. The molecule has 0 radical (unpaired) electrons. The molecule has 0 fully saturated rings. The number of nitrogens with one attached hydrogen (secondary N) is 1. The summed E-state index contributed by atoms with van der Waals surface area (Å²) in [5.41, 5.74) is 3.22. The van der Waals surface area contributed by atoms with E-state index in [9.17, 15) is 4.79 Å². The van der Waals surface area contributed by atoms with Gasteiger partial charge in [-0.25, -0.2) is 0 Å². The zero-order chi connectivity index (χ0) is 16.2. The molecule has 0 saturated heterocycles. The fourth-order valence-corrected chi connectivity index (χ4v) is 2.46. The summed E-state index contributed by atoms with van der Waals surface area (Å²) in [6, 6.07) is 20.7. The fraction of sp³-hybridized carbons (Fsp3) is 0.0526. The van der Waals surface area contributed by atoms with Crippen LogP contribution in [0.15, 0.2) is 65.5 Å². The highest BCUT2D eigenvalue weighted by Gasteiger charge is 2.11. The number of ether oxygens (including phenoxy) is 1. The van der Waals surface area contributed by atoms with Crippen molar-refractivity contribution >= 4 is 0 Å². The van der Waals surface area contributed by atoms with E-state index in [1.54, 1.807) is 13.2 Å². The maximum absolute atomic E-state index is 11.9. The van der Waals surface area contributed by atoms with Crippen molar-refractivity contribution in [3.8, 4) is 34.2 Å². The molecular formula is C19H14N2O2. The number of pyridine rings is 1. The van der Waals surface area contributed by atoms with Crippen LogP contribution >= 0.6 is 0 Å². The van der Waals surface area contributed by atoms with Crippen molar-refractivity contribution in [2.24, 2.45) is 0 Å². The second kappa shape index (κ2) is 6.20. The third-order valence-corrected chi connectivity index (χ3v) is 3.63. The van der Waals surface area contributed by atoms with E-state index in [1.165, 1.54) is 6.07 Å². The molecule has 3 aromatic rings. The number of hydrogen-bond acceptors (Lipinski definition) is 3. The molecule has 0 aliphatic heterocycles. The molecule has 4 nitrogen and oxygen atoms in total. The number of methoxy groups -OCH3 is 1. The van der Waals surface area contributed by atoms with Gasteiger partial charge in [0.25, 0.3) is 5.56 Å². The van der Waals surface area contributed by atoms with Crippen LogP contribution in [0.3, 0.4) is 0 Å². The highest BCUT2D eigenvalue weighted by molar-refractivity contribution is 5.83. The second-order valence-corrected chi connectivity index (χ2v) is 5.00. The van der Waals surface area contributed by atoms with Gasteiger partial charge in [0.2, 0.25) is 0 Å². The average molecular weight is 302 g/mol. The van der Waals surface area contributed by atoms with Crippen molar-refractivity contribution in [1.29, 1.82) is 5.26 Å². The smallest absolute Gasteiger partial charge is 0.266 e. The first-order valence-electron chi connectivity index (χ1n) is 7.10. The summed E-state index contributed by atoms with van der Waals surface area (Å²) in [6.07, 6.45) is 0. The van der Waals surface area contributed by atoms with Gasteiger partial charge in [0, 0.05) is 11.3 Å². The Morgan fingerprint density at radius 2 is 1.78 bits per heavy atom. The fourth-order valence-electron chi connectivity index (χ4n) is 2.46. The minimum Gasteiger partial charge on any atom is -0.497 e. The zero-order valence-electron chi connectivity index (χ0n) is 12.5. The Hall–Kier alpha value is -3.32. The van der Waals surface area contributed by atoms with Crippen molar-refractivity contribution in [3.05, 3.63) is 76.6 Å². The molecule has 0 aliphatic carbocycles. The first kappa shape index (κ1) is 14.6. The SMILES string of the molecule is COc1ccc(-c2ccc(C#N)c(=O)[nH]2)c(-c2ccccc2)c1. The summed E-state index contributed by atoms with van der Waals surface area (Å²) >= 11 is 0. The van der Waals surface area contributed by atoms with Crippen molar-refractivity contribution in [1.82, 2.24) is 4.98 Å². The summed E-state index contributed by atoms with van der Waals surface area (Å²) in [5.74, 6) is 0.739. The van der Waals surface area contributed by atoms with E-state index >= 15 is 0 Å². The van der Waals surface area contributed by atoms with Crippen molar-refractivity contribution in [2.45, 2.75) is 0 Å². The number of rotatable bonds is 3. The largest absolute Gasteiger partial charge is 0.497 e. The van der Waals surface area contributed by atoms with Crippen molar-refractivity contribution in [2.75, 3.05) is 7.11 Å². The van der Waals surface area contributed by atoms with E-state index in [1.807, 2.05) is 54.6 Å². The number of hydrogen-bond donors (Lipinski definition) is 1. The quantitative estimate of drug-likeness (QED) is 0.804. The summed E-state index contributed by atoms with van der Waals surface area (Å²) in [5, 5.41) is 8.89. The van der Waals surface area contributed by atoms with E-state index in [-0.39, 0.29) is 11.1 Å². The Labute approximate surface area is 133 Å². The third-order valence-electron chi connectivity index (χ3n) is 3.63. The summed E-state index contributed by atoms with van der Waals surface area (Å²) in [4.78, 5) is 14.7. The second-order valence-electron chi connectivity index (χ2n) is 5.00. The normalized spacial score (nSPS) is 10.1. The molecule has 3 rings (SSSR count). The van der Waals surface area contributed by atoms with Crippen LogP contribution in [0.25, 0.3) is 22.4 Å². The van der Waals surface area contributed by atoms with Crippen LogP contribution in [0.5, 0.6) is 5.75 Å². The number of nitriles is 1. The molecule has 4 heteroatoms. The number of H-pyrrole nitrogens is 1. The van der Waals surface area contributed by atoms with Gasteiger partial charge in [-0.3, -0.25) is 4.79 Å². The number of aromatic nitrogens is 1. The topological polar surface area (TPSA) is 65.9 Å². The van der Waals surface area contributed by atoms with E-state index in [0.717, 1.165) is 22.4 Å². The van der Waals surface area contributed by atoms with E-state index in [4.69, 9.17) is 10.00 Å². The lowest BCUT2D eigenvalue weighted by molar-refractivity contribution is 0.415. The molecular weight excluding hydrogens is 288 g/mol. The maximum atomic E-state index is 11.9. The highest BCUT2D eigenvalue weighted by Crippen LogP contribution is 2.33. The molecule has 0 bridgehead atoms. The first-order chi connectivity index (χ1) is 11.2. The first-order valence-corrected chi connectivity index (χ1v) is 7.10. The Morgan fingerprint density at radius 3 is 2.43 bits per heavy atom. The monoisotopic (exact) mass is 302 g/mol. The minimum absolute atomic E-state index is 0.100. The number of nitrogens with zero attached hydrogens (tertiary/aromatic N) is 1. The van der Waals surface area contributed by atoms with Gasteiger partial charge in [-0.1, -0.05) is 30.3 Å². The summed E-state index contributed by atoms with van der Waals surface area (Å²) < 4.78 is 5.31. The molecule has 0 aliphatic rings. The van der Waals surface area contributed by atoms with Crippen LogP contribution in [0.4, 0.5) is 0 Å². The van der Waals surface area contributed by atoms with Crippen LogP contribution in [0.1, 0.15) is 5.56 Å². The van der Waals surface area contributed by atoms with Crippen LogP contribution in [0.2, 0.25) is 0 Å². The van der Waals surface area contributed by atoms with Gasteiger partial charge in [-0.15, -0.1) is 0 Å². The lowest BCUT2D eigenvalue weighted by atomic mass is 9.97. The third kappa shape index (κ3) is 2.85. The molecule has 0 amide bonds. The predicted octanol–water partition coefficient (Wildman–Crippen LogP) is 3.59. The van der Waals surface area contributed by atoms with Crippen LogP contribution in [-0.4, -0.2) is 12.1 Å². The van der Waals surface area contributed by atoms with Crippen molar-refractivity contribution in [3.63, 3.8) is 0 Å². The molecule has 0 atom stereocenters. The Balaban J connectivity index is 2.22. The maximum Gasteiger partial charge on any atom is 0.266 e. The van der Waals surface area contributed by atoms with Crippen LogP contribution in [0, 0.1) is 11.3 Å². The molecule has 112 valence electrons. The molecule has 1 N–H and O–H groups in total. The molecule has 1 heterocycles. The standard InChI is InChI=1S/C19H14N2O2/c1-23-15-8-9-16(17(11-15)13-5-3-2-4-6-13)18-10-7-14(12-20)19(22)21-18/h2-11H,1H3,(H,21,22). The van der Waals surface area contributed by atoms with Crippen LogP contribution in [-0.2, 0) is 0 Å². The van der Waals surface area contributed by atoms with Gasteiger partial charge in [0.15, 0.2) is 0 Å². The predicted molar refractivity (Wildman–Crippen MR) is 89.2 cm³/mol. The van der Waals surface area contributed by atoms with E-state index < -0.39 is 0 Å². The molecule has 23 heavy (non-hydrogen) atoms. The Kier molecular flexibility index (Phi) is 3.94. The molecule has 0 spiro atoms. The zero-order valence-corrected chi connectivity index (χ0v) is 12.5. The minimum atomic E-state index is -0.389. The lowest BCUT2D eigenvalue weighted by Gasteiger charge is -2.12. The van der Waals surface area contributed by atoms with Gasteiger partial charge in [-0.05, 0) is 41.5 Å². The molecule has 0 unspecified atom stereocenters. The average Bonchev–Trinajstić information content (AvgIpc) is 2.62. The Morgan fingerprint density at radius 1 is 1.00 bits per heavy atom. The summed E-state index contributed by atoms with van der Waals surface area (Å²) in [7, 11) is 1.62. The van der Waals surface area contributed by atoms with Crippen molar-refractivity contribution < 1.29 is 4.74 Å². The molecule has 2 aromatic carbocycles. The van der Waals surface area contributed by atoms with Gasteiger partial charge >= 0.3 is 0 Å². The number of benzene rings is 2. The van der Waals surface area contributed by atoms with Gasteiger partial charge < -0.3 is 9.72 Å². The molecule has 1 aromatic heterocycles. The molecule has 0 saturated carbocycles. The Bertz CT molecular complexity index is 938. The number of aromatic amines is 1. The van der Waals surface area contributed by atoms with Gasteiger partial charge in [0.1, 0.15) is 17.4 Å².